The summed E-state index contributed by atoms with van der Waals surface area (Å²) in [4.78, 5) is 12.5. The lowest BCUT2D eigenvalue weighted by atomic mass is 10.0. The lowest BCUT2D eigenvalue weighted by molar-refractivity contribution is -0.119. The fourth-order valence-corrected chi connectivity index (χ4v) is 2.56. The molecule has 0 spiro atoms. The van der Waals surface area contributed by atoms with Gasteiger partial charge < -0.3 is 11.1 Å². The minimum absolute atomic E-state index is 0.220. The van der Waals surface area contributed by atoms with Crippen LogP contribution >= 0.6 is 11.8 Å². The van der Waals surface area contributed by atoms with E-state index in [1.165, 1.54) is 0 Å². The van der Waals surface area contributed by atoms with Crippen LogP contribution in [0.5, 0.6) is 0 Å². The van der Waals surface area contributed by atoms with E-state index in [-0.39, 0.29) is 18.4 Å². The number of para-hydroxylation sites is 1. The maximum absolute atomic E-state index is 12.3. The molecule has 3 nitrogen and oxygen atoms in total. The summed E-state index contributed by atoms with van der Waals surface area (Å²) in [6, 6.07) is 6.46. The summed E-state index contributed by atoms with van der Waals surface area (Å²) < 4.78 is 36.9. The van der Waals surface area contributed by atoms with Crippen LogP contribution in [-0.4, -0.2) is 24.4 Å². The van der Waals surface area contributed by atoms with E-state index in [1.807, 2.05) is 6.92 Å². The van der Waals surface area contributed by atoms with Gasteiger partial charge in [-0.25, -0.2) is 0 Å². The van der Waals surface area contributed by atoms with E-state index in [4.69, 9.17) is 5.73 Å². The number of halogens is 3. The number of hydrogen-bond donors (Lipinski definition) is 2. The second-order valence-corrected chi connectivity index (χ2v) is 5.63. The summed E-state index contributed by atoms with van der Waals surface area (Å²) in [7, 11) is 0. The molecule has 0 bridgehead atoms. The number of anilines is 1. The van der Waals surface area contributed by atoms with Gasteiger partial charge in [0, 0.05) is 11.4 Å². The second-order valence-electron chi connectivity index (χ2n) is 4.61. The third-order valence-electron chi connectivity index (χ3n) is 2.83. The Balaban J connectivity index is 2.76. The monoisotopic (exact) mass is 320 g/mol. The Hall–Kier alpha value is -1.21. The Labute approximate surface area is 126 Å². The van der Waals surface area contributed by atoms with E-state index in [0.29, 0.717) is 28.8 Å². The molecule has 1 unspecified atom stereocenters. The highest BCUT2D eigenvalue weighted by molar-refractivity contribution is 7.99. The first kappa shape index (κ1) is 17.8. The smallest absolute Gasteiger partial charge is 0.330 e. The molecule has 0 fully saturated rings. The van der Waals surface area contributed by atoms with E-state index in [0.717, 1.165) is 6.42 Å². The van der Waals surface area contributed by atoms with Gasteiger partial charge in [0.05, 0.1) is 17.4 Å². The molecule has 1 aromatic rings. The quantitative estimate of drug-likeness (QED) is 0.754. The molecule has 21 heavy (non-hydrogen) atoms. The average Bonchev–Trinajstić information content (AvgIpc) is 2.42. The number of thioether (sulfide) groups is 1. The molecule has 1 rings (SSSR count). The molecule has 0 saturated heterocycles. The van der Waals surface area contributed by atoms with E-state index in [9.17, 15) is 18.0 Å². The van der Waals surface area contributed by atoms with Crippen molar-refractivity contribution >= 4 is 23.4 Å². The zero-order chi connectivity index (χ0) is 15.9. The van der Waals surface area contributed by atoms with Gasteiger partial charge in [-0.2, -0.15) is 13.2 Å². The van der Waals surface area contributed by atoms with Gasteiger partial charge in [0.1, 0.15) is 0 Å². The molecule has 0 heterocycles. The fourth-order valence-electron chi connectivity index (χ4n) is 1.79. The maximum atomic E-state index is 12.3. The number of carbonyl (C=O) groups excluding carboxylic acids is 1. The summed E-state index contributed by atoms with van der Waals surface area (Å²) in [6.07, 6.45) is -2.77. The Kier molecular flexibility index (Phi) is 7.04. The van der Waals surface area contributed by atoms with E-state index >= 15 is 0 Å². The molecule has 1 aromatic carbocycles. The van der Waals surface area contributed by atoms with Gasteiger partial charge >= 0.3 is 6.18 Å². The van der Waals surface area contributed by atoms with Crippen LogP contribution in [0.2, 0.25) is 0 Å². The predicted octanol–water partition coefficient (Wildman–Crippen LogP) is 3.65. The fraction of sp³-hybridized carbons (Fsp3) is 0.500. The number of hydrogen-bond acceptors (Lipinski definition) is 3. The topological polar surface area (TPSA) is 55.1 Å². The molecule has 0 radical (unpaired) electrons. The number of amides is 1. The average molecular weight is 320 g/mol. The largest absolute Gasteiger partial charge is 0.398 e. The number of nitrogens with one attached hydrogen (secondary N) is 1. The van der Waals surface area contributed by atoms with Crippen molar-refractivity contribution in [3.05, 3.63) is 24.3 Å². The standard InChI is InChI=1S/C14H19F3N2OS/c1-2-5-10(8-18)13(20)19-11-6-3-4-7-12(11)21-9-14(15,16)17/h3-4,6-7,10H,2,5,8-9,18H2,1H3,(H,19,20). The highest BCUT2D eigenvalue weighted by Gasteiger charge is 2.28. The van der Waals surface area contributed by atoms with Crippen molar-refractivity contribution in [3.63, 3.8) is 0 Å². The first-order valence-corrected chi connectivity index (χ1v) is 7.65. The molecule has 0 aliphatic rings. The Morgan fingerprint density at radius 1 is 1.38 bits per heavy atom. The van der Waals surface area contributed by atoms with Gasteiger partial charge in [-0.3, -0.25) is 4.79 Å². The Morgan fingerprint density at radius 2 is 2.05 bits per heavy atom. The highest BCUT2D eigenvalue weighted by Crippen LogP contribution is 2.32. The summed E-state index contributed by atoms with van der Waals surface area (Å²) >= 11 is 0.658. The van der Waals surface area contributed by atoms with Crippen molar-refractivity contribution in [2.24, 2.45) is 11.7 Å². The van der Waals surface area contributed by atoms with Crippen LogP contribution in [0.1, 0.15) is 19.8 Å². The number of rotatable bonds is 7. The van der Waals surface area contributed by atoms with Gasteiger partial charge in [0.15, 0.2) is 0 Å². The Morgan fingerprint density at radius 3 is 2.62 bits per heavy atom. The van der Waals surface area contributed by atoms with Gasteiger partial charge in [-0.05, 0) is 18.6 Å². The zero-order valence-electron chi connectivity index (χ0n) is 11.7. The Bertz CT molecular complexity index is 466. The first-order valence-electron chi connectivity index (χ1n) is 6.67. The molecule has 0 aromatic heterocycles. The molecule has 3 N–H and O–H groups in total. The molecule has 1 atom stereocenters. The molecule has 118 valence electrons. The van der Waals surface area contributed by atoms with Crippen molar-refractivity contribution in [2.45, 2.75) is 30.8 Å². The molecule has 1 amide bonds. The first-order chi connectivity index (χ1) is 9.87. The van der Waals surface area contributed by atoms with Crippen molar-refractivity contribution in [2.75, 3.05) is 17.6 Å². The number of benzene rings is 1. The highest BCUT2D eigenvalue weighted by atomic mass is 32.2. The van der Waals surface area contributed by atoms with Crippen LogP contribution in [0, 0.1) is 5.92 Å². The molecule has 0 aliphatic heterocycles. The number of carbonyl (C=O) groups is 1. The second kappa shape index (κ2) is 8.29. The van der Waals surface area contributed by atoms with E-state index < -0.39 is 11.9 Å². The number of alkyl halides is 3. The lowest BCUT2D eigenvalue weighted by Crippen LogP contribution is -2.29. The molecular formula is C14H19F3N2OS. The van der Waals surface area contributed by atoms with Gasteiger partial charge in [-0.15, -0.1) is 11.8 Å². The summed E-state index contributed by atoms with van der Waals surface area (Å²) in [5.74, 6) is -1.56. The predicted molar refractivity (Wildman–Crippen MR) is 79.3 cm³/mol. The van der Waals surface area contributed by atoms with E-state index in [1.54, 1.807) is 24.3 Å². The zero-order valence-corrected chi connectivity index (χ0v) is 12.6. The van der Waals surface area contributed by atoms with Gasteiger partial charge in [-0.1, -0.05) is 25.5 Å². The minimum atomic E-state index is -4.25. The lowest BCUT2D eigenvalue weighted by Gasteiger charge is -2.16. The van der Waals surface area contributed by atoms with Gasteiger partial charge in [0.2, 0.25) is 5.91 Å². The van der Waals surface area contributed by atoms with Gasteiger partial charge in [0.25, 0.3) is 0 Å². The minimum Gasteiger partial charge on any atom is -0.330 e. The maximum Gasteiger partial charge on any atom is 0.398 e. The van der Waals surface area contributed by atoms with Crippen molar-refractivity contribution in [1.82, 2.24) is 0 Å². The summed E-state index contributed by atoms with van der Waals surface area (Å²) in [5.41, 5.74) is 5.95. The van der Waals surface area contributed by atoms with Crippen molar-refractivity contribution in [1.29, 1.82) is 0 Å². The SMILES string of the molecule is CCCC(CN)C(=O)Nc1ccccc1SCC(F)(F)F. The summed E-state index contributed by atoms with van der Waals surface area (Å²) in [6.45, 7) is 2.17. The third-order valence-corrected chi connectivity index (χ3v) is 3.97. The van der Waals surface area contributed by atoms with Crippen LogP contribution in [0.3, 0.4) is 0 Å². The van der Waals surface area contributed by atoms with Crippen molar-refractivity contribution in [3.8, 4) is 0 Å². The van der Waals surface area contributed by atoms with Crippen LogP contribution in [0.4, 0.5) is 18.9 Å². The molecule has 0 saturated carbocycles. The van der Waals surface area contributed by atoms with Crippen molar-refractivity contribution < 1.29 is 18.0 Å². The van der Waals surface area contributed by atoms with E-state index in [2.05, 4.69) is 5.32 Å². The molecule has 0 aliphatic carbocycles. The molecular weight excluding hydrogens is 301 g/mol. The number of nitrogens with two attached hydrogens (primary N) is 1. The van der Waals surface area contributed by atoms with Crippen LogP contribution in [0.15, 0.2) is 29.2 Å². The van der Waals surface area contributed by atoms with Crippen LogP contribution < -0.4 is 11.1 Å². The molecule has 7 heteroatoms. The summed E-state index contributed by atoms with van der Waals surface area (Å²) in [5, 5.41) is 2.68. The van der Waals surface area contributed by atoms with Crippen LogP contribution in [-0.2, 0) is 4.79 Å². The third kappa shape index (κ3) is 6.39. The van der Waals surface area contributed by atoms with Crippen LogP contribution in [0.25, 0.3) is 0 Å². The normalized spacial score (nSPS) is 13.0.